The van der Waals surface area contributed by atoms with E-state index in [1.54, 1.807) is 0 Å². The number of benzene rings is 3. The molecule has 5 aromatic rings. The molecule has 0 unspecified atom stereocenters. The highest BCUT2D eigenvalue weighted by Crippen LogP contribution is 2.38. The smallest absolute Gasteiger partial charge is 0.164 e. The molecule has 5 rings (SSSR count). The van der Waals surface area contributed by atoms with Gasteiger partial charge >= 0.3 is 0 Å². The van der Waals surface area contributed by atoms with Crippen LogP contribution in [0.5, 0.6) is 0 Å². The van der Waals surface area contributed by atoms with Gasteiger partial charge in [-0.05, 0) is 66.1 Å². The van der Waals surface area contributed by atoms with Crippen LogP contribution in [0.2, 0.25) is 0 Å². The molecule has 37 heavy (non-hydrogen) atoms. The third-order valence-corrected chi connectivity index (χ3v) is 6.98. The van der Waals surface area contributed by atoms with E-state index >= 15 is 0 Å². The molecule has 2 heterocycles. The van der Waals surface area contributed by atoms with Crippen molar-refractivity contribution in [3.8, 4) is 23.1 Å². The molecule has 2 aromatic heterocycles. The van der Waals surface area contributed by atoms with Crippen molar-refractivity contribution in [2.24, 2.45) is 0 Å². The lowest BCUT2D eigenvalue weighted by atomic mass is 9.86. The normalized spacial score (nSPS) is 12.3. The van der Waals surface area contributed by atoms with Gasteiger partial charge in [0.15, 0.2) is 5.82 Å². The van der Waals surface area contributed by atoms with Gasteiger partial charge in [-0.25, -0.2) is 15.0 Å². The van der Waals surface area contributed by atoms with Gasteiger partial charge in [-0.1, -0.05) is 65.8 Å². The van der Waals surface area contributed by atoms with E-state index in [9.17, 15) is 5.26 Å². The molecular weight excluding hydrogens is 454 g/mol. The largest absolute Gasteiger partial charge is 0.309 e. The Hall–Kier alpha value is -4.04. The summed E-state index contributed by atoms with van der Waals surface area (Å²) in [6, 6.07) is 21.9. The number of fused-ring (bicyclic) bond motifs is 3. The number of aromatic nitrogens is 4. The Labute approximate surface area is 218 Å². The zero-order valence-electron chi connectivity index (χ0n) is 22.9. The maximum absolute atomic E-state index is 10.1. The van der Waals surface area contributed by atoms with Crippen molar-refractivity contribution < 1.29 is 0 Å². The third-order valence-electron chi connectivity index (χ3n) is 6.98. The summed E-state index contributed by atoms with van der Waals surface area (Å²) in [5.41, 5.74) is 7.04. The molecule has 0 aliphatic heterocycles. The highest BCUT2D eigenvalue weighted by atomic mass is 15.0. The topological polar surface area (TPSA) is 67.4 Å². The second kappa shape index (κ2) is 8.52. The third kappa shape index (κ3) is 4.38. The van der Waals surface area contributed by atoms with E-state index in [0.717, 1.165) is 16.7 Å². The standard InChI is InChI=1S/C32H33N5/c1-19-34-20(2)36-30(35-19)25-14-11-24(15-21(25)18-33)37-28-16-22(31(3,4)5)9-12-26(28)27-13-10-23(17-29(27)37)32(6,7)8/h9-17H,1-8H3. The molecule has 0 N–H and O–H groups in total. The molecule has 5 heteroatoms. The number of nitriles is 1. The van der Waals surface area contributed by atoms with Crippen LogP contribution in [-0.2, 0) is 10.8 Å². The molecule has 0 radical (unpaired) electrons. The van der Waals surface area contributed by atoms with E-state index in [-0.39, 0.29) is 10.8 Å². The highest BCUT2D eigenvalue weighted by molar-refractivity contribution is 6.09. The predicted molar refractivity (Wildman–Crippen MR) is 151 cm³/mol. The Kier molecular flexibility index (Phi) is 5.68. The summed E-state index contributed by atoms with van der Waals surface area (Å²) < 4.78 is 2.30. The van der Waals surface area contributed by atoms with Gasteiger partial charge in [0.05, 0.1) is 22.7 Å². The second-order valence-corrected chi connectivity index (χ2v) is 11.9. The number of aryl methyl sites for hydroxylation is 2. The van der Waals surface area contributed by atoms with Crippen LogP contribution in [0.1, 0.15) is 69.9 Å². The van der Waals surface area contributed by atoms with Gasteiger partial charge in [0.25, 0.3) is 0 Å². The zero-order valence-corrected chi connectivity index (χ0v) is 22.9. The van der Waals surface area contributed by atoms with Crippen LogP contribution < -0.4 is 0 Å². The highest BCUT2D eigenvalue weighted by Gasteiger charge is 2.21. The van der Waals surface area contributed by atoms with E-state index in [1.165, 1.54) is 21.9 Å². The van der Waals surface area contributed by atoms with Gasteiger partial charge in [-0.15, -0.1) is 0 Å². The summed E-state index contributed by atoms with van der Waals surface area (Å²) in [5.74, 6) is 1.81. The first-order valence-corrected chi connectivity index (χ1v) is 12.7. The number of rotatable bonds is 2. The van der Waals surface area contributed by atoms with E-state index in [1.807, 2.05) is 26.0 Å². The second-order valence-electron chi connectivity index (χ2n) is 11.9. The molecule has 0 aliphatic rings. The minimum Gasteiger partial charge on any atom is -0.309 e. The lowest BCUT2D eigenvalue weighted by molar-refractivity contribution is 0.591. The molecule has 5 nitrogen and oxygen atoms in total. The first-order valence-electron chi connectivity index (χ1n) is 12.7. The van der Waals surface area contributed by atoms with Gasteiger partial charge in [-0.3, -0.25) is 0 Å². The van der Waals surface area contributed by atoms with Crippen molar-refractivity contribution in [2.45, 2.75) is 66.2 Å². The van der Waals surface area contributed by atoms with Crippen molar-refractivity contribution in [1.82, 2.24) is 19.5 Å². The summed E-state index contributed by atoms with van der Waals surface area (Å²) in [4.78, 5) is 13.3. The van der Waals surface area contributed by atoms with Crippen molar-refractivity contribution in [3.05, 3.63) is 82.9 Å². The van der Waals surface area contributed by atoms with E-state index in [2.05, 4.69) is 110 Å². The van der Waals surface area contributed by atoms with Crippen LogP contribution in [0, 0.1) is 25.2 Å². The van der Waals surface area contributed by atoms with Gasteiger partial charge in [0.1, 0.15) is 11.6 Å². The Morgan fingerprint density at radius 1 is 0.676 bits per heavy atom. The molecule has 0 bridgehead atoms. The minimum atomic E-state index is 0.0160. The SMILES string of the molecule is Cc1nc(C)nc(-c2ccc(-n3c4cc(C(C)(C)C)ccc4c4ccc(C(C)(C)C)cc43)cc2C#N)n1. The first kappa shape index (κ1) is 24.6. The molecule has 0 aliphatic carbocycles. The molecule has 0 saturated carbocycles. The van der Waals surface area contributed by atoms with Crippen LogP contribution in [0.4, 0.5) is 0 Å². The monoisotopic (exact) mass is 487 g/mol. The molecule has 0 fully saturated rings. The molecule has 0 amide bonds. The lowest BCUT2D eigenvalue weighted by Gasteiger charge is -2.20. The van der Waals surface area contributed by atoms with Gasteiger partial charge < -0.3 is 4.57 Å². The first-order chi connectivity index (χ1) is 17.4. The van der Waals surface area contributed by atoms with Crippen LogP contribution in [0.25, 0.3) is 38.9 Å². The summed E-state index contributed by atoms with van der Waals surface area (Å²) in [6.45, 7) is 17.1. The van der Waals surface area contributed by atoms with Crippen LogP contribution >= 0.6 is 0 Å². The number of nitrogens with zero attached hydrogens (tertiary/aromatic N) is 5. The average Bonchev–Trinajstić information content (AvgIpc) is 3.15. The summed E-state index contributed by atoms with van der Waals surface area (Å²) in [7, 11) is 0. The molecule has 3 aromatic carbocycles. The van der Waals surface area contributed by atoms with Crippen LogP contribution in [0.15, 0.2) is 54.6 Å². The predicted octanol–water partition coefficient (Wildman–Crippen LogP) is 7.72. The number of hydrogen-bond acceptors (Lipinski definition) is 4. The average molecular weight is 488 g/mol. The molecule has 0 saturated heterocycles. The summed E-state index contributed by atoms with van der Waals surface area (Å²) in [6.07, 6.45) is 0. The summed E-state index contributed by atoms with van der Waals surface area (Å²) >= 11 is 0. The van der Waals surface area contributed by atoms with E-state index < -0.39 is 0 Å². The maximum atomic E-state index is 10.1. The maximum Gasteiger partial charge on any atom is 0.164 e. The van der Waals surface area contributed by atoms with Gasteiger partial charge in [0.2, 0.25) is 0 Å². The molecule has 0 atom stereocenters. The molecule has 186 valence electrons. The van der Waals surface area contributed by atoms with Crippen molar-refractivity contribution in [3.63, 3.8) is 0 Å². The van der Waals surface area contributed by atoms with Crippen molar-refractivity contribution in [2.75, 3.05) is 0 Å². The Morgan fingerprint density at radius 3 is 1.65 bits per heavy atom. The van der Waals surface area contributed by atoms with Gasteiger partial charge in [0, 0.05) is 22.0 Å². The molecule has 0 spiro atoms. The quantitative estimate of drug-likeness (QED) is 0.256. The molecular formula is C32H33N5. The Bertz CT molecular complexity index is 1630. The van der Waals surface area contributed by atoms with Crippen molar-refractivity contribution >= 4 is 21.8 Å². The fraction of sp³-hybridized carbons (Fsp3) is 0.312. The number of hydrogen-bond donors (Lipinski definition) is 0. The lowest BCUT2D eigenvalue weighted by Crippen LogP contribution is -2.11. The van der Waals surface area contributed by atoms with E-state index in [4.69, 9.17) is 0 Å². The van der Waals surface area contributed by atoms with Crippen LogP contribution in [0.3, 0.4) is 0 Å². The van der Waals surface area contributed by atoms with E-state index in [0.29, 0.717) is 28.6 Å². The minimum absolute atomic E-state index is 0.0160. The fourth-order valence-corrected chi connectivity index (χ4v) is 4.92. The fourth-order valence-electron chi connectivity index (χ4n) is 4.92. The Balaban J connectivity index is 1.83. The van der Waals surface area contributed by atoms with Gasteiger partial charge in [-0.2, -0.15) is 5.26 Å². The Morgan fingerprint density at radius 2 is 1.19 bits per heavy atom. The zero-order chi connectivity index (χ0) is 26.7. The van der Waals surface area contributed by atoms with Crippen LogP contribution in [-0.4, -0.2) is 19.5 Å². The van der Waals surface area contributed by atoms with Crippen molar-refractivity contribution in [1.29, 1.82) is 5.26 Å². The summed E-state index contributed by atoms with van der Waals surface area (Å²) in [5, 5.41) is 12.5.